The number of Topliss-reactive ketones (excluding diaryl/α,β-unsaturated/α-hetero) is 1. The van der Waals surface area contributed by atoms with Gasteiger partial charge in [-0.05, 0) is 76.3 Å². The lowest BCUT2D eigenvalue weighted by atomic mass is 9.77. The number of hydrogen-bond donors (Lipinski definition) is 1. The molecule has 0 spiro atoms. The van der Waals surface area contributed by atoms with Gasteiger partial charge in [-0.3, -0.25) is 23.9 Å². The Bertz CT molecular complexity index is 2110. The Hall–Kier alpha value is -3.95. The number of amides is 2. The second kappa shape index (κ2) is 14.9. The highest BCUT2D eigenvalue weighted by molar-refractivity contribution is 7.91. The first-order valence-electron chi connectivity index (χ1n) is 20.5. The average molecular weight is 831 g/mol. The summed E-state index contributed by atoms with van der Waals surface area (Å²) in [5, 5.41) is 0. The van der Waals surface area contributed by atoms with Gasteiger partial charge in [0, 0.05) is 30.2 Å². The maximum Gasteiger partial charge on any atom is 0.307 e. The fraction of sp³-hybridized carbons (Fsp3) is 0.714. The van der Waals surface area contributed by atoms with E-state index in [1.54, 1.807) is 26.2 Å². The fourth-order valence-electron chi connectivity index (χ4n) is 9.05. The maximum absolute atomic E-state index is 14.9. The van der Waals surface area contributed by atoms with Crippen molar-refractivity contribution in [2.45, 2.75) is 141 Å². The second-order valence-electron chi connectivity index (χ2n) is 19.0. The van der Waals surface area contributed by atoms with Crippen LogP contribution in [0.5, 0.6) is 11.6 Å². The molecule has 2 bridgehead atoms. The minimum absolute atomic E-state index is 0.112. The van der Waals surface area contributed by atoms with Crippen LogP contribution in [0.1, 0.15) is 111 Å². The molecule has 5 aliphatic rings. The first-order valence-corrected chi connectivity index (χ1v) is 22.0. The molecule has 13 nitrogen and oxygen atoms in total. The van der Waals surface area contributed by atoms with Crippen molar-refractivity contribution < 1.29 is 50.6 Å². The molecule has 1 N–H and O–H groups in total. The Kier molecular flexibility index (Phi) is 10.9. The highest BCUT2D eigenvalue weighted by atomic mass is 32.2. The van der Waals surface area contributed by atoms with E-state index >= 15 is 0 Å². The van der Waals surface area contributed by atoms with Crippen LogP contribution < -0.4 is 14.2 Å². The highest BCUT2D eigenvalue weighted by Crippen LogP contribution is 2.59. The number of halogens is 2. The molecule has 2 amide bonds. The van der Waals surface area contributed by atoms with E-state index in [4.69, 9.17) is 24.2 Å². The van der Waals surface area contributed by atoms with Crippen molar-refractivity contribution in [3.8, 4) is 11.6 Å². The monoisotopic (exact) mass is 830 g/mol. The van der Waals surface area contributed by atoms with Crippen LogP contribution >= 0.6 is 0 Å². The molecule has 16 heteroatoms. The SMILES string of the molecule is COc1ccc2nc3c(nc2c1)O[C@H]1CN(C(=O)[C@H](C(C)(C)C)CC(=O)O[C@@]2(C)C[C@@H]2CCCCC3)[C@H](C(=O)C[C@]2(C(=O)NS(=O)(=O)C3(C)CC3)C[C@H]2C(F)F)[C@@H]1C. The lowest BCUT2D eigenvalue weighted by Crippen LogP contribution is -2.50. The van der Waals surface area contributed by atoms with Crippen LogP contribution in [0.15, 0.2) is 18.2 Å². The summed E-state index contributed by atoms with van der Waals surface area (Å²) in [4.78, 5) is 68.0. The zero-order valence-corrected chi connectivity index (χ0v) is 35.3. The third-order valence-electron chi connectivity index (χ3n) is 13.7. The molecule has 7 rings (SSSR count). The number of fused-ring (bicyclic) bond motifs is 5. The second-order valence-corrected chi connectivity index (χ2v) is 21.2. The standard InChI is InChI=1S/C42H56F2N4O9S/c1-23-32-22-48(34(23)31(49)21-42(20-27(42)35(43)44)38(52)47-58(53,54)40(5)15-16-40)37(51)26(39(2,3)4)18-33(50)57-41(6)19-24(41)11-9-8-10-12-29-36(56-32)46-30-17-25(55-7)13-14-28(30)45-29/h13-14,17,23-24,26-27,32,34-35H,8-12,15-16,18-22H2,1-7H3,(H,47,52)/t23-,24+,26-,27+,32+,34+,41+,42-/m1/s1. The molecular formula is C42H56F2N4O9S. The number of rotatable bonds is 8. The van der Waals surface area contributed by atoms with E-state index in [1.165, 1.54) is 11.8 Å². The van der Waals surface area contributed by atoms with Gasteiger partial charge in [-0.15, -0.1) is 0 Å². The van der Waals surface area contributed by atoms with Crippen LogP contribution in [0.25, 0.3) is 11.0 Å². The Morgan fingerprint density at radius 3 is 2.43 bits per heavy atom. The van der Waals surface area contributed by atoms with Crippen molar-refractivity contribution in [2.24, 2.45) is 34.5 Å². The number of nitrogens with one attached hydrogen (secondary N) is 1. The topological polar surface area (TPSA) is 171 Å². The summed E-state index contributed by atoms with van der Waals surface area (Å²) in [5.74, 6) is -5.09. The summed E-state index contributed by atoms with van der Waals surface area (Å²) >= 11 is 0. The fourth-order valence-corrected chi connectivity index (χ4v) is 10.4. The summed E-state index contributed by atoms with van der Waals surface area (Å²) in [6, 6.07) is 4.08. The van der Waals surface area contributed by atoms with E-state index in [-0.39, 0.29) is 31.2 Å². The predicted molar refractivity (Wildman–Crippen MR) is 208 cm³/mol. The third kappa shape index (κ3) is 8.02. The van der Waals surface area contributed by atoms with Gasteiger partial charge in [0.25, 0.3) is 0 Å². The number of benzene rings is 1. The molecule has 3 heterocycles. The van der Waals surface area contributed by atoms with Gasteiger partial charge in [-0.2, -0.15) is 0 Å². The summed E-state index contributed by atoms with van der Waals surface area (Å²) in [6.07, 6.45) is 0.185. The molecule has 1 aromatic carbocycles. The zero-order valence-electron chi connectivity index (χ0n) is 34.4. The van der Waals surface area contributed by atoms with Gasteiger partial charge in [0.15, 0.2) is 5.78 Å². The van der Waals surface area contributed by atoms with E-state index in [0.29, 0.717) is 41.7 Å². The summed E-state index contributed by atoms with van der Waals surface area (Å²) in [6.45, 7) is 10.5. The lowest BCUT2D eigenvalue weighted by molar-refractivity contribution is -0.158. The average Bonchev–Trinajstić information content (AvgIpc) is 4.09. The number of aryl methyl sites for hydroxylation is 1. The molecule has 2 aromatic rings. The number of ketones is 1. The van der Waals surface area contributed by atoms with Crippen molar-refractivity contribution in [3.63, 3.8) is 0 Å². The van der Waals surface area contributed by atoms with Crippen molar-refractivity contribution in [1.29, 1.82) is 0 Å². The Labute approximate surface area is 338 Å². The Balaban J connectivity index is 1.26. The van der Waals surface area contributed by atoms with Gasteiger partial charge in [0.1, 0.15) is 23.1 Å². The molecular weight excluding hydrogens is 775 g/mol. The van der Waals surface area contributed by atoms with Crippen LogP contribution in [0.3, 0.4) is 0 Å². The van der Waals surface area contributed by atoms with E-state index in [2.05, 4.69) is 0 Å². The highest BCUT2D eigenvalue weighted by Gasteiger charge is 2.67. The number of nitrogens with zero attached hydrogens (tertiary/aromatic N) is 3. The Morgan fingerprint density at radius 2 is 1.79 bits per heavy atom. The summed E-state index contributed by atoms with van der Waals surface area (Å²) in [5.41, 5.74) is -1.63. The summed E-state index contributed by atoms with van der Waals surface area (Å²) < 4.78 is 73.9. The molecule has 3 saturated carbocycles. The van der Waals surface area contributed by atoms with E-state index in [0.717, 1.165) is 32.1 Å². The number of sulfonamides is 1. The largest absolute Gasteiger partial charge is 0.497 e. The van der Waals surface area contributed by atoms with Crippen LogP contribution in [0, 0.1) is 34.5 Å². The molecule has 4 fully saturated rings. The van der Waals surface area contributed by atoms with E-state index in [9.17, 15) is 36.4 Å². The number of carbonyl (C=O) groups excluding carboxylic acids is 4. The number of esters is 1. The van der Waals surface area contributed by atoms with Crippen molar-refractivity contribution in [3.05, 3.63) is 23.9 Å². The minimum Gasteiger partial charge on any atom is -0.497 e. The molecule has 2 aliphatic heterocycles. The van der Waals surface area contributed by atoms with Gasteiger partial charge >= 0.3 is 5.97 Å². The van der Waals surface area contributed by atoms with Gasteiger partial charge in [0.05, 0.1) is 53.2 Å². The van der Waals surface area contributed by atoms with Gasteiger partial charge in [0.2, 0.25) is 34.1 Å². The summed E-state index contributed by atoms with van der Waals surface area (Å²) in [7, 11) is -2.65. The number of ether oxygens (including phenoxy) is 3. The lowest BCUT2D eigenvalue weighted by Gasteiger charge is -2.35. The maximum atomic E-state index is 14.9. The molecule has 0 radical (unpaired) electrons. The molecule has 0 unspecified atom stereocenters. The molecule has 1 saturated heterocycles. The zero-order chi connectivity index (χ0) is 42.2. The Morgan fingerprint density at radius 1 is 1.07 bits per heavy atom. The number of aromatic nitrogens is 2. The van der Waals surface area contributed by atoms with Crippen LogP contribution in [0.4, 0.5) is 8.78 Å². The van der Waals surface area contributed by atoms with Crippen LogP contribution in [0.2, 0.25) is 0 Å². The van der Waals surface area contributed by atoms with Crippen LogP contribution in [-0.2, 0) is 40.4 Å². The van der Waals surface area contributed by atoms with Gasteiger partial charge in [-0.1, -0.05) is 40.5 Å². The smallest absolute Gasteiger partial charge is 0.307 e. The minimum atomic E-state index is -4.19. The first-order chi connectivity index (χ1) is 27.1. The number of carbonyl (C=O) groups is 4. The molecule has 318 valence electrons. The third-order valence-corrected chi connectivity index (χ3v) is 15.8. The normalized spacial score (nSPS) is 32.6. The van der Waals surface area contributed by atoms with E-state index in [1.807, 2.05) is 38.5 Å². The van der Waals surface area contributed by atoms with Gasteiger partial charge in [-0.25, -0.2) is 27.2 Å². The van der Waals surface area contributed by atoms with Crippen molar-refractivity contribution in [2.75, 3.05) is 13.7 Å². The van der Waals surface area contributed by atoms with Crippen LogP contribution in [-0.4, -0.2) is 89.4 Å². The predicted octanol–water partition coefficient (Wildman–Crippen LogP) is 5.95. The van der Waals surface area contributed by atoms with E-state index < -0.39 is 97.5 Å². The first kappa shape index (κ1) is 42.2. The number of alkyl halides is 2. The number of hydrogen-bond acceptors (Lipinski definition) is 11. The van der Waals surface area contributed by atoms with Gasteiger partial charge < -0.3 is 19.1 Å². The molecule has 8 atom stereocenters. The molecule has 58 heavy (non-hydrogen) atoms. The van der Waals surface area contributed by atoms with Crippen molar-refractivity contribution >= 4 is 44.6 Å². The number of methoxy groups -OCH3 is 1. The van der Waals surface area contributed by atoms with Crippen molar-refractivity contribution in [1.82, 2.24) is 19.6 Å². The molecule has 3 aliphatic carbocycles. The quantitative estimate of drug-likeness (QED) is 0.312. The molecule has 1 aromatic heterocycles.